The van der Waals surface area contributed by atoms with Gasteiger partial charge in [0.15, 0.2) is 5.78 Å². The number of rotatable bonds is 7. The Morgan fingerprint density at radius 2 is 1.94 bits per heavy atom. The Balaban J connectivity index is 3.08. The molecule has 1 aromatic carbocycles. The summed E-state index contributed by atoms with van der Waals surface area (Å²) in [6, 6.07) is 5.35. The van der Waals surface area contributed by atoms with Gasteiger partial charge < -0.3 is 14.2 Å². The molecular weight excluding hydrogens is 232 g/mol. The Morgan fingerprint density at radius 3 is 2.44 bits per heavy atom. The van der Waals surface area contributed by atoms with Crippen molar-refractivity contribution >= 4 is 5.78 Å². The molecule has 0 fully saturated rings. The van der Waals surface area contributed by atoms with E-state index < -0.39 is 6.10 Å². The highest BCUT2D eigenvalue weighted by Gasteiger charge is 2.23. The van der Waals surface area contributed by atoms with E-state index in [9.17, 15) is 4.79 Å². The number of hydrogen-bond acceptors (Lipinski definition) is 4. The Labute approximate surface area is 108 Å². The van der Waals surface area contributed by atoms with E-state index in [4.69, 9.17) is 14.2 Å². The third kappa shape index (κ3) is 3.23. The summed E-state index contributed by atoms with van der Waals surface area (Å²) < 4.78 is 15.7. The van der Waals surface area contributed by atoms with Crippen molar-refractivity contribution in [3.05, 3.63) is 23.8 Å². The van der Waals surface area contributed by atoms with Gasteiger partial charge in [0.2, 0.25) is 0 Å². The minimum Gasteiger partial charge on any atom is -0.497 e. The molecule has 0 spiro atoms. The van der Waals surface area contributed by atoms with Gasteiger partial charge in [0, 0.05) is 25.2 Å². The van der Waals surface area contributed by atoms with Crippen LogP contribution in [0.5, 0.6) is 11.5 Å². The van der Waals surface area contributed by atoms with E-state index in [0.717, 1.165) is 12.0 Å². The maximum atomic E-state index is 12.0. The lowest BCUT2D eigenvalue weighted by Crippen LogP contribution is -2.15. The average Bonchev–Trinajstić information content (AvgIpc) is 2.40. The second kappa shape index (κ2) is 7.01. The Hall–Kier alpha value is -1.55. The predicted octanol–water partition coefficient (Wildman–Crippen LogP) is 2.76. The number of Topliss-reactive ketones (excluding diaryl/α,β-unsaturated/α-hetero) is 1. The van der Waals surface area contributed by atoms with Crippen LogP contribution in [0, 0.1) is 0 Å². The van der Waals surface area contributed by atoms with Crippen molar-refractivity contribution in [2.75, 3.05) is 21.3 Å². The van der Waals surface area contributed by atoms with Crippen LogP contribution in [0.1, 0.15) is 31.4 Å². The number of carbonyl (C=O) groups is 1. The molecule has 1 aromatic rings. The molecular formula is C14H20O4. The number of carbonyl (C=O) groups excluding carboxylic acids is 1. The highest BCUT2D eigenvalue weighted by atomic mass is 16.5. The van der Waals surface area contributed by atoms with Gasteiger partial charge in [-0.3, -0.25) is 4.79 Å². The molecule has 1 atom stereocenters. The van der Waals surface area contributed by atoms with Crippen LogP contribution in [0.4, 0.5) is 0 Å². The van der Waals surface area contributed by atoms with Crippen molar-refractivity contribution < 1.29 is 19.0 Å². The van der Waals surface area contributed by atoms with Gasteiger partial charge in [-0.15, -0.1) is 0 Å². The number of methoxy groups -OCH3 is 3. The summed E-state index contributed by atoms with van der Waals surface area (Å²) in [7, 11) is 4.68. The lowest BCUT2D eigenvalue weighted by Gasteiger charge is -2.18. The van der Waals surface area contributed by atoms with Crippen molar-refractivity contribution in [3.63, 3.8) is 0 Å². The summed E-state index contributed by atoms with van der Waals surface area (Å²) in [6.07, 6.45) is 0.719. The maximum absolute atomic E-state index is 12.0. The van der Waals surface area contributed by atoms with E-state index >= 15 is 0 Å². The van der Waals surface area contributed by atoms with Gasteiger partial charge in [0.25, 0.3) is 0 Å². The van der Waals surface area contributed by atoms with Crippen molar-refractivity contribution in [1.82, 2.24) is 0 Å². The van der Waals surface area contributed by atoms with Crippen LogP contribution < -0.4 is 9.47 Å². The summed E-state index contributed by atoms with van der Waals surface area (Å²) in [5.41, 5.74) is 0.735. The molecule has 0 amide bonds. The Bertz CT molecular complexity index is 401. The second-order valence-electron chi connectivity index (χ2n) is 3.94. The van der Waals surface area contributed by atoms with E-state index in [0.29, 0.717) is 17.9 Å². The highest BCUT2D eigenvalue weighted by Crippen LogP contribution is 2.32. The first-order chi connectivity index (χ1) is 8.67. The molecule has 0 heterocycles. The summed E-state index contributed by atoms with van der Waals surface area (Å²) in [5, 5.41) is 0. The molecule has 0 radical (unpaired) electrons. The molecule has 1 rings (SSSR count). The standard InChI is InChI=1S/C14H20O4/c1-5-6-12(15)14(18-4)11-8-7-10(16-2)9-13(11)17-3/h7-9,14H,5-6H2,1-4H3. The first-order valence-electron chi connectivity index (χ1n) is 5.95. The van der Waals surface area contributed by atoms with Gasteiger partial charge in [0.1, 0.15) is 17.6 Å². The Morgan fingerprint density at radius 1 is 1.22 bits per heavy atom. The summed E-state index contributed by atoms with van der Waals surface area (Å²) in [4.78, 5) is 12.0. The number of ketones is 1. The fourth-order valence-electron chi connectivity index (χ4n) is 1.84. The fourth-order valence-corrected chi connectivity index (χ4v) is 1.84. The third-order valence-electron chi connectivity index (χ3n) is 2.75. The molecule has 0 aliphatic carbocycles. The first-order valence-corrected chi connectivity index (χ1v) is 5.95. The van der Waals surface area contributed by atoms with Crippen LogP contribution in [0.15, 0.2) is 18.2 Å². The van der Waals surface area contributed by atoms with Crippen LogP contribution >= 0.6 is 0 Å². The molecule has 4 heteroatoms. The molecule has 100 valence electrons. The van der Waals surface area contributed by atoms with E-state index in [1.165, 1.54) is 7.11 Å². The first kappa shape index (κ1) is 14.5. The van der Waals surface area contributed by atoms with Crippen LogP contribution in [-0.2, 0) is 9.53 Å². The van der Waals surface area contributed by atoms with E-state index in [-0.39, 0.29) is 5.78 Å². The summed E-state index contributed by atoms with van der Waals surface area (Å²) >= 11 is 0. The second-order valence-corrected chi connectivity index (χ2v) is 3.94. The lowest BCUT2D eigenvalue weighted by atomic mass is 10.0. The quantitative estimate of drug-likeness (QED) is 0.748. The third-order valence-corrected chi connectivity index (χ3v) is 2.75. The number of ether oxygens (including phenoxy) is 3. The largest absolute Gasteiger partial charge is 0.497 e. The van der Waals surface area contributed by atoms with E-state index in [1.807, 2.05) is 6.92 Å². The molecule has 0 aliphatic rings. The molecule has 4 nitrogen and oxygen atoms in total. The molecule has 0 saturated carbocycles. The minimum absolute atomic E-state index is 0.0588. The van der Waals surface area contributed by atoms with Crippen molar-refractivity contribution in [2.24, 2.45) is 0 Å². The predicted molar refractivity (Wildman–Crippen MR) is 69.2 cm³/mol. The summed E-state index contributed by atoms with van der Waals surface area (Å²) in [5.74, 6) is 1.35. The molecule has 18 heavy (non-hydrogen) atoms. The van der Waals surface area contributed by atoms with Crippen molar-refractivity contribution in [3.8, 4) is 11.5 Å². The topological polar surface area (TPSA) is 44.8 Å². The zero-order valence-electron chi connectivity index (χ0n) is 11.4. The van der Waals surface area contributed by atoms with Crippen LogP contribution in [0.25, 0.3) is 0 Å². The number of hydrogen-bond donors (Lipinski definition) is 0. The molecule has 0 N–H and O–H groups in total. The molecule has 0 aliphatic heterocycles. The normalized spacial score (nSPS) is 12.0. The van der Waals surface area contributed by atoms with Crippen LogP contribution in [-0.4, -0.2) is 27.1 Å². The maximum Gasteiger partial charge on any atom is 0.166 e. The van der Waals surface area contributed by atoms with E-state index in [2.05, 4.69) is 0 Å². The molecule has 0 aromatic heterocycles. The van der Waals surface area contributed by atoms with E-state index in [1.54, 1.807) is 32.4 Å². The molecule has 1 unspecified atom stereocenters. The molecule has 0 saturated heterocycles. The van der Waals surface area contributed by atoms with Crippen LogP contribution in [0.2, 0.25) is 0 Å². The van der Waals surface area contributed by atoms with Gasteiger partial charge in [0.05, 0.1) is 14.2 Å². The molecule has 0 bridgehead atoms. The van der Waals surface area contributed by atoms with Gasteiger partial charge in [-0.1, -0.05) is 6.92 Å². The SMILES string of the molecule is CCCC(=O)C(OC)c1ccc(OC)cc1OC. The summed E-state index contributed by atoms with van der Waals surface area (Å²) in [6.45, 7) is 1.97. The van der Waals surface area contributed by atoms with Gasteiger partial charge in [-0.05, 0) is 18.6 Å². The number of benzene rings is 1. The zero-order chi connectivity index (χ0) is 13.5. The van der Waals surface area contributed by atoms with Crippen molar-refractivity contribution in [2.45, 2.75) is 25.9 Å². The van der Waals surface area contributed by atoms with Gasteiger partial charge >= 0.3 is 0 Å². The monoisotopic (exact) mass is 252 g/mol. The zero-order valence-corrected chi connectivity index (χ0v) is 11.4. The highest BCUT2D eigenvalue weighted by molar-refractivity contribution is 5.85. The van der Waals surface area contributed by atoms with Gasteiger partial charge in [-0.2, -0.15) is 0 Å². The fraction of sp³-hybridized carbons (Fsp3) is 0.500. The smallest absolute Gasteiger partial charge is 0.166 e. The van der Waals surface area contributed by atoms with Gasteiger partial charge in [-0.25, -0.2) is 0 Å². The lowest BCUT2D eigenvalue weighted by molar-refractivity contribution is -0.129. The van der Waals surface area contributed by atoms with Crippen molar-refractivity contribution in [1.29, 1.82) is 0 Å². The minimum atomic E-state index is -0.578. The Kier molecular flexibility index (Phi) is 5.65. The average molecular weight is 252 g/mol. The van der Waals surface area contributed by atoms with Crippen LogP contribution in [0.3, 0.4) is 0 Å².